The Bertz CT molecular complexity index is 526. The summed E-state index contributed by atoms with van der Waals surface area (Å²) in [6, 6.07) is 1.67. The van der Waals surface area contributed by atoms with Crippen LogP contribution in [0.25, 0.3) is 0 Å². The molecule has 0 saturated carbocycles. The van der Waals surface area contributed by atoms with Gasteiger partial charge in [0.1, 0.15) is 6.10 Å². The second-order valence-corrected chi connectivity index (χ2v) is 6.37. The van der Waals surface area contributed by atoms with Crippen molar-refractivity contribution in [2.45, 2.75) is 18.9 Å². The van der Waals surface area contributed by atoms with Gasteiger partial charge in [0.2, 0.25) is 10.0 Å². The summed E-state index contributed by atoms with van der Waals surface area (Å²) in [6.45, 7) is 0.929. The molecule has 0 radical (unpaired) electrons. The number of piperidine rings is 1. The van der Waals surface area contributed by atoms with Gasteiger partial charge in [0.25, 0.3) is 5.88 Å². The molecule has 1 saturated heterocycles. The summed E-state index contributed by atoms with van der Waals surface area (Å²) in [5.74, 6) is 0.878. The zero-order chi connectivity index (χ0) is 13.9. The van der Waals surface area contributed by atoms with Gasteiger partial charge in [0, 0.05) is 19.2 Å². The molecule has 8 heteroatoms. The Hall–Kier alpha value is -1.41. The van der Waals surface area contributed by atoms with E-state index in [2.05, 4.69) is 10.2 Å². The minimum absolute atomic E-state index is 0.0661. The predicted octanol–water partition coefficient (Wildman–Crippen LogP) is 0.288. The Morgan fingerprint density at radius 1 is 1.37 bits per heavy atom. The molecule has 2 heterocycles. The van der Waals surface area contributed by atoms with E-state index in [-0.39, 0.29) is 6.10 Å². The lowest BCUT2D eigenvalue weighted by Crippen LogP contribution is -2.41. The minimum atomic E-state index is -3.11. The summed E-state index contributed by atoms with van der Waals surface area (Å²) in [4.78, 5) is 0. The zero-order valence-electron chi connectivity index (χ0n) is 10.9. The molecule has 1 aromatic rings. The summed E-state index contributed by atoms with van der Waals surface area (Å²) in [5.41, 5.74) is 0. The monoisotopic (exact) mass is 287 g/mol. The molecular weight excluding hydrogens is 270 g/mol. The van der Waals surface area contributed by atoms with Crippen LogP contribution in [-0.2, 0) is 10.0 Å². The molecule has 1 aliphatic rings. The van der Waals surface area contributed by atoms with E-state index in [1.54, 1.807) is 6.07 Å². The van der Waals surface area contributed by atoms with Crippen LogP contribution in [0.2, 0.25) is 0 Å². The zero-order valence-corrected chi connectivity index (χ0v) is 11.8. The van der Waals surface area contributed by atoms with E-state index in [9.17, 15) is 8.42 Å². The molecule has 1 aliphatic heterocycles. The average Bonchev–Trinajstić information content (AvgIpc) is 2.39. The van der Waals surface area contributed by atoms with Gasteiger partial charge in [-0.25, -0.2) is 12.7 Å². The molecule has 0 atom stereocenters. The minimum Gasteiger partial charge on any atom is -0.491 e. The molecule has 1 aromatic heterocycles. The highest BCUT2D eigenvalue weighted by molar-refractivity contribution is 7.88. The van der Waals surface area contributed by atoms with Crippen molar-refractivity contribution in [3.63, 3.8) is 0 Å². The van der Waals surface area contributed by atoms with Gasteiger partial charge >= 0.3 is 0 Å². The van der Waals surface area contributed by atoms with Crippen molar-refractivity contribution in [1.82, 2.24) is 14.5 Å². The lowest BCUT2D eigenvalue weighted by atomic mass is 10.1. The van der Waals surface area contributed by atoms with E-state index in [4.69, 9.17) is 9.47 Å². The van der Waals surface area contributed by atoms with Crippen LogP contribution in [0.4, 0.5) is 0 Å². The summed E-state index contributed by atoms with van der Waals surface area (Å²) in [7, 11) is -1.57. The number of methoxy groups -OCH3 is 1. The van der Waals surface area contributed by atoms with Crippen molar-refractivity contribution in [3.05, 3.63) is 12.3 Å². The highest BCUT2D eigenvalue weighted by Gasteiger charge is 2.26. The molecule has 7 nitrogen and oxygen atoms in total. The summed E-state index contributed by atoms with van der Waals surface area (Å²) >= 11 is 0. The summed E-state index contributed by atoms with van der Waals surface area (Å²) in [5, 5.41) is 7.63. The number of aromatic nitrogens is 2. The van der Waals surface area contributed by atoms with E-state index in [1.165, 1.54) is 23.9 Å². The fraction of sp³-hybridized carbons (Fsp3) is 0.636. The first-order valence-corrected chi connectivity index (χ1v) is 7.83. The summed E-state index contributed by atoms with van der Waals surface area (Å²) < 4.78 is 35.1. The number of nitrogens with zero attached hydrogens (tertiary/aromatic N) is 3. The van der Waals surface area contributed by atoms with E-state index in [0.29, 0.717) is 37.6 Å². The van der Waals surface area contributed by atoms with Crippen LogP contribution in [0.3, 0.4) is 0 Å². The van der Waals surface area contributed by atoms with Gasteiger partial charge in [-0.3, -0.25) is 0 Å². The summed E-state index contributed by atoms with van der Waals surface area (Å²) in [6.07, 6.45) is 3.95. The Morgan fingerprint density at radius 2 is 2.05 bits per heavy atom. The van der Waals surface area contributed by atoms with Crippen LogP contribution >= 0.6 is 0 Å². The van der Waals surface area contributed by atoms with Gasteiger partial charge in [-0.1, -0.05) is 0 Å². The topological polar surface area (TPSA) is 81.6 Å². The van der Waals surface area contributed by atoms with Gasteiger partial charge < -0.3 is 9.47 Å². The van der Waals surface area contributed by atoms with Crippen LogP contribution in [0.1, 0.15) is 12.8 Å². The van der Waals surface area contributed by atoms with Crippen molar-refractivity contribution in [3.8, 4) is 11.6 Å². The molecule has 0 aliphatic carbocycles. The second-order valence-electron chi connectivity index (χ2n) is 4.38. The Kier molecular flexibility index (Phi) is 4.20. The maximum absolute atomic E-state index is 11.4. The van der Waals surface area contributed by atoms with Crippen molar-refractivity contribution < 1.29 is 17.9 Å². The third-order valence-electron chi connectivity index (χ3n) is 3.02. The first kappa shape index (κ1) is 14.0. The molecule has 0 spiro atoms. The fourth-order valence-electron chi connectivity index (χ4n) is 1.98. The normalized spacial score (nSPS) is 18.2. The van der Waals surface area contributed by atoms with Crippen LogP contribution < -0.4 is 9.47 Å². The van der Waals surface area contributed by atoms with Gasteiger partial charge in [0.15, 0.2) is 5.75 Å². The lowest BCUT2D eigenvalue weighted by Gasteiger charge is -2.30. The number of rotatable bonds is 4. The Balaban J connectivity index is 1.96. The predicted molar refractivity (Wildman–Crippen MR) is 68.7 cm³/mol. The molecule has 1 fully saturated rings. The Morgan fingerprint density at radius 3 is 2.63 bits per heavy atom. The molecule has 0 N–H and O–H groups in total. The maximum atomic E-state index is 11.4. The third kappa shape index (κ3) is 3.54. The molecule has 106 valence electrons. The van der Waals surface area contributed by atoms with Gasteiger partial charge in [0.05, 0.1) is 19.6 Å². The van der Waals surface area contributed by atoms with Crippen molar-refractivity contribution in [2.24, 2.45) is 0 Å². The van der Waals surface area contributed by atoms with E-state index in [0.717, 1.165) is 0 Å². The molecule has 2 rings (SSSR count). The SMILES string of the molecule is COc1ccnnc1OC1CCN(S(C)(=O)=O)CC1. The molecule has 0 bridgehead atoms. The molecule has 0 aromatic carbocycles. The fourth-order valence-corrected chi connectivity index (χ4v) is 2.86. The van der Waals surface area contributed by atoms with E-state index >= 15 is 0 Å². The van der Waals surface area contributed by atoms with Gasteiger partial charge in [-0.15, -0.1) is 5.10 Å². The Labute approximate surface area is 112 Å². The van der Waals surface area contributed by atoms with Crippen LogP contribution in [0, 0.1) is 0 Å². The highest BCUT2D eigenvalue weighted by Crippen LogP contribution is 2.25. The second kappa shape index (κ2) is 5.70. The number of hydrogen-bond acceptors (Lipinski definition) is 6. The van der Waals surface area contributed by atoms with Crippen molar-refractivity contribution in [2.75, 3.05) is 26.5 Å². The molecule has 19 heavy (non-hydrogen) atoms. The van der Waals surface area contributed by atoms with Gasteiger partial charge in [-0.05, 0) is 12.8 Å². The third-order valence-corrected chi connectivity index (χ3v) is 4.32. The molecule has 0 unspecified atom stereocenters. The average molecular weight is 287 g/mol. The quantitative estimate of drug-likeness (QED) is 0.791. The molecular formula is C11H17N3O4S. The highest BCUT2D eigenvalue weighted by atomic mass is 32.2. The smallest absolute Gasteiger partial charge is 0.276 e. The number of hydrogen-bond donors (Lipinski definition) is 0. The van der Waals surface area contributed by atoms with Crippen LogP contribution in [0.5, 0.6) is 11.6 Å². The van der Waals surface area contributed by atoms with E-state index in [1.807, 2.05) is 0 Å². The maximum Gasteiger partial charge on any atom is 0.276 e. The van der Waals surface area contributed by atoms with Crippen LogP contribution in [0.15, 0.2) is 12.3 Å². The van der Waals surface area contributed by atoms with E-state index < -0.39 is 10.0 Å². The van der Waals surface area contributed by atoms with Crippen molar-refractivity contribution >= 4 is 10.0 Å². The largest absolute Gasteiger partial charge is 0.491 e. The van der Waals surface area contributed by atoms with Crippen LogP contribution in [-0.4, -0.2) is 55.5 Å². The molecule has 0 amide bonds. The van der Waals surface area contributed by atoms with Gasteiger partial charge in [-0.2, -0.15) is 5.10 Å². The van der Waals surface area contributed by atoms with Crippen molar-refractivity contribution in [1.29, 1.82) is 0 Å². The first-order chi connectivity index (χ1) is 9.00. The standard InChI is InChI=1S/C11H17N3O4S/c1-17-10-3-6-12-13-11(10)18-9-4-7-14(8-5-9)19(2,15)16/h3,6,9H,4-5,7-8H2,1-2H3. The number of ether oxygens (including phenoxy) is 2. The first-order valence-electron chi connectivity index (χ1n) is 5.98. The lowest BCUT2D eigenvalue weighted by molar-refractivity contribution is 0.124. The number of sulfonamides is 1.